The van der Waals surface area contributed by atoms with Gasteiger partial charge in [-0.05, 0) is 37.3 Å². The molecular formula is C17H20ClN3O2. The minimum absolute atomic E-state index is 0.171. The van der Waals surface area contributed by atoms with E-state index in [0.29, 0.717) is 16.2 Å². The average molecular weight is 334 g/mol. The molecule has 0 aliphatic carbocycles. The first-order chi connectivity index (χ1) is 10.8. The van der Waals surface area contributed by atoms with Gasteiger partial charge in [0.25, 0.3) is 5.91 Å². The Hall–Kier alpha value is -2.53. The maximum absolute atomic E-state index is 12.1. The van der Waals surface area contributed by atoms with E-state index in [1.807, 2.05) is 25.1 Å². The van der Waals surface area contributed by atoms with Crippen molar-refractivity contribution in [1.82, 2.24) is 10.9 Å². The van der Waals surface area contributed by atoms with Crippen molar-refractivity contribution in [2.75, 3.05) is 19.0 Å². The molecular weight excluding hydrogens is 314 g/mol. The summed E-state index contributed by atoms with van der Waals surface area (Å²) in [6, 6.07) is 7.18. The number of hydrogen-bond acceptors (Lipinski definition) is 4. The summed E-state index contributed by atoms with van der Waals surface area (Å²) in [5.74, 6) is -0.478. The lowest BCUT2D eigenvalue weighted by atomic mass is 10.2. The lowest BCUT2D eigenvalue weighted by Gasteiger charge is -2.13. The number of hydrazine groups is 1. The molecule has 2 N–H and O–H groups in total. The number of allylic oxidation sites excluding steroid dienone is 4. The first kappa shape index (κ1) is 18.5. The van der Waals surface area contributed by atoms with Crippen LogP contribution >= 0.6 is 11.6 Å². The highest BCUT2D eigenvalue weighted by atomic mass is 35.5. The summed E-state index contributed by atoms with van der Waals surface area (Å²) >= 11 is 5.62. The number of rotatable bonds is 7. The van der Waals surface area contributed by atoms with Gasteiger partial charge in [-0.3, -0.25) is 15.0 Å². The Morgan fingerprint density at radius 2 is 1.96 bits per heavy atom. The summed E-state index contributed by atoms with van der Waals surface area (Å²) in [6.07, 6.45) is 4.41. The number of carbonyl (C=O) groups is 2. The van der Waals surface area contributed by atoms with Crippen LogP contribution in [0.25, 0.3) is 0 Å². The second-order valence-electron chi connectivity index (χ2n) is 4.98. The van der Waals surface area contributed by atoms with Crippen LogP contribution in [0.3, 0.4) is 0 Å². The summed E-state index contributed by atoms with van der Waals surface area (Å²) in [5.41, 5.74) is 6.91. The Kier molecular flexibility index (Phi) is 7.09. The standard InChI is InChI=1S/C17H20ClN3O2/c1-12(18)8-9-15(13(2)22)11-19-20-17(23)14-6-5-7-16(10-14)21(3)4/h5-11,19H,1H2,2-4H3,(H,20,23)/b9-8-,15-11?. The molecule has 0 aromatic heterocycles. The second-order valence-corrected chi connectivity index (χ2v) is 5.46. The van der Waals surface area contributed by atoms with Crippen molar-refractivity contribution in [2.45, 2.75) is 6.92 Å². The Morgan fingerprint density at radius 1 is 1.26 bits per heavy atom. The van der Waals surface area contributed by atoms with E-state index in [0.717, 1.165) is 5.69 Å². The van der Waals surface area contributed by atoms with E-state index in [1.165, 1.54) is 25.3 Å². The number of nitrogens with zero attached hydrogens (tertiary/aromatic N) is 1. The molecule has 1 amide bonds. The van der Waals surface area contributed by atoms with Gasteiger partial charge in [0.15, 0.2) is 5.78 Å². The zero-order valence-corrected chi connectivity index (χ0v) is 14.1. The third-order valence-electron chi connectivity index (χ3n) is 2.89. The van der Waals surface area contributed by atoms with Crippen LogP contribution in [0.4, 0.5) is 5.69 Å². The molecule has 0 atom stereocenters. The summed E-state index contributed by atoms with van der Waals surface area (Å²) < 4.78 is 0. The van der Waals surface area contributed by atoms with Crippen LogP contribution in [0.2, 0.25) is 0 Å². The van der Waals surface area contributed by atoms with E-state index in [-0.39, 0.29) is 11.7 Å². The van der Waals surface area contributed by atoms with Crippen LogP contribution in [0, 0.1) is 0 Å². The molecule has 23 heavy (non-hydrogen) atoms. The largest absolute Gasteiger partial charge is 0.378 e. The van der Waals surface area contributed by atoms with Crippen molar-refractivity contribution in [3.8, 4) is 0 Å². The van der Waals surface area contributed by atoms with Gasteiger partial charge in [-0.25, -0.2) is 0 Å². The molecule has 0 unspecified atom stereocenters. The highest BCUT2D eigenvalue weighted by Crippen LogP contribution is 2.13. The molecule has 0 aliphatic rings. The van der Waals surface area contributed by atoms with E-state index >= 15 is 0 Å². The highest BCUT2D eigenvalue weighted by Gasteiger charge is 2.06. The number of hydrogen-bond donors (Lipinski definition) is 2. The first-order valence-corrected chi connectivity index (χ1v) is 7.26. The van der Waals surface area contributed by atoms with Gasteiger partial charge in [-0.2, -0.15) is 0 Å². The normalized spacial score (nSPS) is 11.2. The molecule has 6 heteroatoms. The summed E-state index contributed by atoms with van der Waals surface area (Å²) in [4.78, 5) is 25.5. The molecule has 1 aromatic rings. The van der Waals surface area contributed by atoms with Crippen LogP contribution in [-0.4, -0.2) is 25.8 Å². The fourth-order valence-electron chi connectivity index (χ4n) is 1.62. The van der Waals surface area contributed by atoms with Gasteiger partial charge in [0, 0.05) is 42.2 Å². The third kappa shape index (κ3) is 6.40. The van der Waals surface area contributed by atoms with Gasteiger partial charge in [0.2, 0.25) is 0 Å². The molecule has 0 spiro atoms. The molecule has 5 nitrogen and oxygen atoms in total. The average Bonchev–Trinajstić information content (AvgIpc) is 2.49. The maximum Gasteiger partial charge on any atom is 0.269 e. The van der Waals surface area contributed by atoms with Crippen molar-refractivity contribution in [3.05, 3.63) is 65.4 Å². The van der Waals surface area contributed by atoms with Gasteiger partial charge in [-0.15, -0.1) is 0 Å². The Bertz CT molecular complexity index is 664. The minimum Gasteiger partial charge on any atom is -0.378 e. The Morgan fingerprint density at radius 3 is 2.52 bits per heavy atom. The van der Waals surface area contributed by atoms with Crippen molar-refractivity contribution in [1.29, 1.82) is 0 Å². The molecule has 0 heterocycles. The number of amides is 1. The molecule has 0 aliphatic heterocycles. The summed E-state index contributed by atoms with van der Waals surface area (Å²) in [6.45, 7) is 4.92. The Labute approximate surface area is 141 Å². The van der Waals surface area contributed by atoms with Gasteiger partial charge in [-0.1, -0.05) is 24.2 Å². The van der Waals surface area contributed by atoms with Crippen molar-refractivity contribution < 1.29 is 9.59 Å². The van der Waals surface area contributed by atoms with E-state index < -0.39 is 0 Å². The summed E-state index contributed by atoms with van der Waals surface area (Å²) in [5, 5.41) is 0.307. The monoisotopic (exact) mass is 333 g/mol. The molecule has 122 valence electrons. The number of nitrogens with one attached hydrogen (secondary N) is 2. The van der Waals surface area contributed by atoms with Gasteiger partial charge in [0.05, 0.1) is 0 Å². The molecule has 0 saturated carbocycles. The number of halogens is 1. The third-order valence-corrected chi connectivity index (χ3v) is 3.01. The number of Topliss-reactive ketones (excluding diaryl/α,β-unsaturated/α-hetero) is 1. The second kappa shape index (κ2) is 8.80. The van der Waals surface area contributed by atoms with Crippen LogP contribution in [0.1, 0.15) is 17.3 Å². The van der Waals surface area contributed by atoms with Gasteiger partial charge >= 0.3 is 0 Å². The summed E-state index contributed by atoms with van der Waals surface area (Å²) in [7, 11) is 3.79. The predicted molar refractivity (Wildman–Crippen MR) is 94.3 cm³/mol. The highest BCUT2D eigenvalue weighted by molar-refractivity contribution is 6.30. The molecule has 0 fully saturated rings. The topological polar surface area (TPSA) is 61.4 Å². The number of carbonyl (C=O) groups excluding carboxylic acids is 2. The minimum atomic E-state index is -0.307. The molecule has 1 aromatic carbocycles. The van der Waals surface area contributed by atoms with E-state index in [4.69, 9.17) is 11.6 Å². The molecule has 1 rings (SSSR count). The molecule has 0 saturated heterocycles. The van der Waals surface area contributed by atoms with Crippen LogP contribution in [0.5, 0.6) is 0 Å². The number of benzene rings is 1. The van der Waals surface area contributed by atoms with Gasteiger partial charge in [0.1, 0.15) is 0 Å². The lowest BCUT2D eigenvalue weighted by molar-refractivity contribution is -0.113. The van der Waals surface area contributed by atoms with E-state index in [2.05, 4.69) is 17.4 Å². The fourth-order valence-corrected chi connectivity index (χ4v) is 1.69. The van der Waals surface area contributed by atoms with Crippen LogP contribution in [0.15, 0.2) is 59.8 Å². The van der Waals surface area contributed by atoms with Crippen LogP contribution in [-0.2, 0) is 4.79 Å². The number of ketones is 1. The first-order valence-electron chi connectivity index (χ1n) is 6.88. The smallest absolute Gasteiger partial charge is 0.269 e. The van der Waals surface area contributed by atoms with Crippen molar-refractivity contribution in [3.63, 3.8) is 0 Å². The maximum atomic E-state index is 12.1. The fraction of sp³-hybridized carbons (Fsp3) is 0.176. The van der Waals surface area contributed by atoms with Crippen LogP contribution < -0.4 is 15.8 Å². The van der Waals surface area contributed by atoms with Crippen molar-refractivity contribution in [2.24, 2.45) is 0 Å². The zero-order valence-electron chi connectivity index (χ0n) is 13.4. The zero-order chi connectivity index (χ0) is 17.4. The predicted octanol–water partition coefficient (Wildman–Crippen LogP) is 2.77. The van der Waals surface area contributed by atoms with Crippen molar-refractivity contribution >= 4 is 29.0 Å². The lowest BCUT2D eigenvalue weighted by Crippen LogP contribution is -2.34. The SMILES string of the molecule is C=C(Cl)/C=C\C(=CNNC(=O)c1cccc(N(C)C)c1)C(C)=O. The molecule has 0 radical (unpaired) electrons. The molecule has 0 bridgehead atoms. The Balaban J connectivity index is 2.74. The van der Waals surface area contributed by atoms with Gasteiger partial charge < -0.3 is 10.3 Å². The van der Waals surface area contributed by atoms with E-state index in [9.17, 15) is 9.59 Å². The quantitative estimate of drug-likeness (QED) is 0.457. The van der Waals surface area contributed by atoms with E-state index in [1.54, 1.807) is 18.2 Å². The number of anilines is 1.